The van der Waals surface area contributed by atoms with E-state index >= 15 is 0 Å². The lowest BCUT2D eigenvalue weighted by Crippen LogP contribution is -2.41. The number of nitrogens with one attached hydrogen (secondary N) is 2. The maximum atomic E-state index is 11.8. The van der Waals surface area contributed by atoms with Gasteiger partial charge in [0.2, 0.25) is 5.91 Å². The van der Waals surface area contributed by atoms with Crippen molar-refractivity contribution in [2.75, 3.05) is 24.7 Å². The summed E-state index contributed by atoms with van der Waals surface area (Å²) in [6.45, 7) is 0.849. The molecular weight excluding hydrogens is 396 g/mol. The van der Waals surface area contributed by atoms with Crippen LogP contribution < -0.4 is 20.3 Å². The minimum absolute atomic E-state index is 0.0130. The molecule has 2 heterocycles. The zero-order chi connectivity index (χ0) is 19.4. The summed E-state index contributed by atoms with van der Waals surface area (Å²) in [5, 5.41) is 0.382. The van der Waals surface area contributed by atoms with Crippen LogP contribution in [-0.2, 0) is 19.4 Å². The van der Waals surface area contributed by atoms with Gasteiger partial charge in [-0.15, -0.1) is 0 Å². The lowest BCUT2D eigenvalue weighted by molar-refractivity contribution is -0.127. The fourth-order valence-electron chi connectivity index (χ4n) is 2.92. The number of rotatable bonds is 4. The van der Waals surface area contributed by atoms with E-state index in [9.17, 15) is 18.0 Å². The van der Waals surface area contributed by atoms with Crippen LogP contribution in [0.4, 0.5) is 0 Å². The van der Waals surface area contributed by atoms with Gasteiger partial charge in [0.25, 0.3) is 5.91 Å². The van der Waals surface area contributed by atoms with E-state index in [-0.39, 0.29) is 23.8 Å². The maximum Gasteiger partial charge on any atom is 0.262 e. The SMILES string of the molecule is O=C(/C=C/c1cc(Cl)c2c(c1)OCCO2)NNC(=O)C[C@@H]1CCS(=O)(=O)C1. The number of sulfone groups is 1. The number of fused-ring (bicyclic) bond motifs is 1. The van der Waals surface area contributed by atoms with Crippen molar-refractivity contribution >= 4 is 39.3 Å². The first kappa shape index (κ1) is 19.5. The molecule has 1 aromatic carbocycles. The topological polar surface area (TPSA) is 111 Å². The van der Waals surface area contributed by atoms with Crippen molar-refractivity contribution in [3.8, 4) is 11.5 Å². The van der Waals surface area contributed by atoms with Crippen LogP contribution in [0, 0.1) is 5.92 Å². The average molecular weight is 415 g/mol. The largest absolute Gasteiger partial charge is 0.486 e. The van der Waals surface area contributed by atoms with Gasteiger partial charge in [-0.05, 0) is 36.1 Å². The lowest BCUT2D eigenvalue weighted by Gasteiger charge is -2.19. The fourth-order valence-corrected chi connectivity index (χ4v) is 5.05. The average Bonchev–Trinajstić information content (AvgIpc) is 2.96. The van der Waals surface area contributed by atoms with Gasteiger partial charge in [0.15, 0.2) is 21.3 Å². The van der Waals surface area contributed by atoms with Crippen LogP contribution in [0.25, 0.3) is 6.08 Å². The molecule has 0 unspecified atom stereocenters. The first-order chi connectivity index (χ1) is 12.8. The minimum Gasteiger partial charge on any atom is -0.486 e. The van der Waals surface area contributed by atoms with Gasteiger partial charge in [0.05, 0.1) is 16.5 Å². The molecule has 0 aromatic heterocycles. The zero-order valence-electron chi connectivity index (χ0n) is 14.4. The molecule has 0 saturated carbocycles. The Morgan fingerprint density at radius 1 is 1.22 bits per heavy atom. The zero-order valence-corrected chi connectivity index (χ0v) is 15.9. The highest BCUT2D eigenvalue weighted by Crippen LogP contribution is 2.38. The standard InChI is InChI=1S/C17H19ClN2O6S/c18-13-7-11(8-14-17(13)26-5-4-25-14)1-2-15(21)19-20-16(22)9-12-3-6-27(23,24)10-12/h1-2,7-8,12H,3-6,9-10H2,(H,19,21)(H,20,22)/b2-1+/t12-/m0/s1. The summed E-state index contributed by atoms with van der Waals surface area (Å²) in [5.41, 5.74) is 5.18. The molecule has 2 aliphatic rings. The summed E-state index contributed by atoms with van der Waals surface area (Å²) in [4.78, 5) is 23.6. The smallest absolute Gasteiger partial charge is 0.262 e. The summed E-state index contributed by atoms with van der Waals surface area (Å²) >= 11 is 6.13. The monoisotopic (exact) mass is 414 g/mol. The van der Waals surface area contributed by atoms with Crippen LogP contribution in [0.3, 0.4) is 0 Å². The summed E-state index contributed by atoms with van der Waals surface area (Å²) in [6, 6.07) is 3.33. The minimum atomic E-state index is -3.03. The summed E-state index contributed by atoms with van der Waals surface area (Å²) < 4.78 is 33.7. The molecule has 2 amide bonds. The van der Waals surface area contributed by atoms with E-state index in [4.69, 9.17) is 21.1 Å². The third-order valence-electron chi connectivity index (χ3n) is 4.17. The Labute approximate surface area is 161 Å². The second kappa shape index (κ2) is 8.18. The molecule has 1 fully saturated rings. The van der Waals surface area contributed by atoms with Crippen LogP contribution >= 0.6 is 11.6 Å². The highest BCUT2D eigenvalue weighted by Gasteiger charge is 2.29. The normalized spacial score (nSPS) is 20.4. The Balaban J connectivity index is 1.49. The fraction of sp³-hybridized carbons (Fsp3) is 0.412. The number of hydrogen-bond donors (Lipinski definition) is 2. The van der Waals surface area contributed by atoms with Crippen molar-refractivity contribution in [1.29, 1.82) is 0 Å². The third-order valence-corrected chi connectivity index (χ3v) is 6.29. The summed E-state index contributed by atoms with van der Waals surface area (Å²) in [6.07, 6.45) is 3.28. The van der Waals surface area contributed by atoms with Gasteiger partial charge < -0.3 is 9.47 Å². The first-order valence-electron chi connectivity index (χ1n) is 8.39. The Bertz CT molecular complexity index is 884. The third kappa shape index (κ3) is 5.36. The van der Waals surface area contributed by atoms with E-state index in [0.29, 0.717) is 41.7 Å². The van der Waals surface area contributed by atoms with Crippen molar-refractivity contribution in [3.63, 3.8) is 0 Å². The Hall–Kier alpha value is -2.26. The van der Waals surface area contributed by atoms with Gasteiger partial charge in [0, 0.05) is 12.5 Å². The number of amides is 2. The molecule has 3 rings (SSSR count). The molecule has 1 saturated heterocycles. The Morgan fingerprint density at radius 2 is 2.00 bits per heavy atom. The number of hydrazine groups is 1. The predicted octanol–water partition coefficient (Wildman–Crippen LogP) is 1.10. The second-order valence-electron chi connectivity index (χ2n) is 6.37. The van der Waals surface area contributed by atoms with Gasteiger partial charge in [-0.3, -0.25) is 20.4 Å². The van der Waals surface area contributed by atoms with E-state index in [1.807, 2.05) is 0 Å². The Morgan fingerprint density at radius 3 is 2.74 bits per heavy atom. The van der Waals surface area contributed by atoms with Crippen molar-refractivity contribution in [3.05, 3.63) is 28.8 Å². The molecule has 1 atom stereocenters. The van der Waals surface area contributed by atoms with Gasteiger partial charge >= 0.3 is 0 Å². The first-order valence-corrected chi connectivity index (χ1v) is 10.6. The quantitative estimate of drug-likeness (QED) is 0.563. The van der Waals surface area contributed by atoms with Crippen LogP contribution in [-0.4, -0.2) is 45.0 Å². The van der Waals surface area contributed by atoms with E-state index in [1.165, 1.54) is 12.2 Å². The van der Waals surface area contributed by atoms with E-state index in [1.54, 1.807) is 12.1 Å². The van der Waals surface area contributed by atoms with Gasteiger partial charge in [0.1, 0.15) is 13.2 Å². The number of halogens is 1. The number of carbonyl (C=O) groups excluding carboxylic acids is 2. The molecule has 27 heavy (non-hydrogen) atoms. The number of benzene rings is 1. The number of carbonyl (C=O) groups is 2. The van der Waals surface area contributed by atoms with Gasteiger partial charge in [-0.1, -0.05) is 11.6 Å². The number of hydrogen-bond acceptors (Lipinski definition) is 6. The van der Waals surface area contributed by atoms with Crippen molar-refractivity contribution < 1.29 is 27.5 Å². The highest BCUT2D eigenvalue weighted by molar-refractivity contribution is 7.91. The Kier molecular flexibility index (Phi) is 5.91. The van der Waals surface area contributed by atoms with Gasteiger partial charge in [-0.25, -0.2) is 8.42 Å². The van der Waals surface area contributed by atoms with Crippen LogP contribution in [0.1, 0.15) is 18.4 Å². The van der Waals surface area contributed by atoms with E-state index in [2.05, 4.69) is 10.9 Å². The van der Waals surface area contributed by atoms with Crippen LogP contribution in [0.15, 0.2) is 18.2 Å². The summed E-state index contributed by atoms with van der Waals surface area (Å²) in [5.74, 6) is -0.0617. The molecule has 0 spiro atoms. The van der Waals surface area contributed by atoms with E-state index < -0.39 is 21.7 Å². The molecule has 0 bridgehead atoms. The molecule has 2 N–H and O–H groups in total. The molecule has 2 aliphatic heterocycles. The van der Waals surface area contributed by atoms with Crippen LogP contribution in [0.5, 0.6) is 11.5 Å². The van der Waals surface area contributed by atoms with E-state index in [0.717, 1.165) is 0 Å². The maximum absolute atomic E-state index is 11.8. The molecule has 1 aromatic rings. The number of ether oxygens (including phenoxy) is 2. The molecule has 0 radical (unpaired) electrons. The summed E-state index contributed by atoms with van der Waals surface area (Å²) in [7, 11) is -3.03. The van der Waals surface area contributed by atoms with Crippen molar-refractivity contribution in [2.45, 2.75) is 12.8 Å². The molecule has 0 aliphatic carbocycles. The van der Waals surface area contributed by atoms with Crippen molar-refractivity contribution in [2.24, 2.45) is 5.92 Å². The predicted molar refractivity (Wildman–Crippen MR) is 99.1 cm³/mol. The van der Waals surface area contributed by atoms with Gasteiger partial charge in [-0.2, -0.15) is 0 Å². The molecule has 10 heteroatoms. The second-order valence-corrected chi connectivity index (χ2v) is 9.01. The molecule has 8 nitrogen and oxygen atoms in total. The highest BCUT2D eigenvalue weighted by atomic mass is 35.5. The van der Waals surface area contributed by atoms with Crippen molar-refractivity contribution in [1.82, 2.24) is 10.9 Å². The molecular formula is C17H19ClN2O6S. The van der Waals surface area contributed by atoms with Crippen LogP contribution in [0.2, 0.25) is 5.02 Å². The molecule has 146 valence electrons. The lowest BCUT2D eigenvalue weighted by atomic mass is 10.1.